The highest BCUT2D eigenvalue weighted by molar-refractivity contribution is 6.39. The lowest BCUT2D eigenvalue weighted by molar-refractivity contribution is -0.141. The third-order valence-electron chi connectivity index (χ3n) is 4.96. The van der Waals surface area contributed by atoms with Gasteiger partial charge in [0, 0.05) is 12.2 Å². The number of carbonyl (C=O) groups excluding carboxylic acids is 3. The van der Waals surface area contributed by atoms with Gasteiger partial charge in [-0.15, -0.1) is 0 Å². The second-order valence-corrected chi connectivity index (χ2v) is 7.05. The van der Waals surface area contributed by atoms with E-state index in [1.54, 1.807) is 17.0 Å². The fraction of sp³-hybridized carbons (Fsp3) is 0.318. The van der Waals surface area contributed by atoms with Crippen LogP contribution in [0.15, 0.2) is 48.5 Å². The fourth-order valence-electron chi connectivity index (χ4n) is 3.10. The predicted molar refractivity (Wildman–Crippen MR) is 109 cm³/mol. The normalized spacial score (nSPS) is 16.2. The summed E-state index contributed by atoms with van der Waals surface area (Å²) in [6.07, 6.45) is -0.197. The van der Waals surface area contributed by atoms with E-state index in [1.807, 2.05) is 50.2 Å². The molecular weight excluding hydrogens is 370 g/mol. The summed E-state index contributed by atoms with van der Waals surface area (Å²) in [4.78, 5) is 38.2. The summed E-state index contributed by atoms with van der Waals surface area (Å²) in [5.41, 5.74) is 3.65. The monoisotopic (exact) mass is 395 g/mol. The molecule has 7 heteroatoms. The van der Waals surface area contributed by atoms with Crippen LogP contribution in [0, 0.1) is 13.8 Å². The zero-order valence-electron chi connectivity index (χ0n) is 16.6. The molecule has 3 rings (SSSR count). The number of carbonyl (C=O) groups is 3. The van der Waals surface area contributed by atoms with E-state index in [0.29, 0.717) is 25.4 Å². The van der Waals surface area contributed by atoms with Gasteiger partial charge in [-0.2, -0.15) is 0 Å². The molecular formula is C22H25N3O4. The minimum Gasteiger partial charge on any atom is -0.370 e. The first-order chi connectivity index (χ1) is 13.9. The molecule has 0 aliphatic carbocycles. The number of amides is 3. The van der Waals surface area contributed by atoms with Gasteiger partial charge in [-0.05, 0) is 42.7 Å². The van der Waals surface area contributed by atoms with Gasteiger partial charge < -0.3 is 20.3 Å². The van der Waals surface area contributed by atoms with Crippen LogP contribution >= 0.6 is 0 Å². The third-order valence-corrected chi connectivity index (χ3v) is 4.96. The molecule has 1 aliphatic rings. The van der Waals surface area contributed by atoms with E-state index in [-0.39, 0.29) is 18.6 Å². The lowest BCUT2D eigenvalue weighted by Gasteiger charge is -2.33. The van der Waals surface area contributed by atoms with Gasteiger partial charge in [0.15, 0.2) is 0 Å². The molecule has 7 nitrogen and oxygen atoms in total. The Labute approximate surface area is 170 Å². The van der Waals surface area contributed by atoms with Crippen LogP contribution in [-0.2, 0) is 19.1 Å². The van der Waals surface area contributed by atoms with Crippen molar-refractivity contribution in [3.05, 3.63) is 65.2 Å². The lowest BCUT2D eigenvalue weighted by Crippen LogP contribution is -2.48. The van der Waals surface area contributed by atoms with Crippen molar-refractivity contribution >= 4 is 23.4 Å². The van der Waals surface area contributed by atoms with Crippen molar-refractivity contribution in [2.24, 2.45) is 0 Å². The molecule has 1 atom stereocenters. The molecule has 0 spiro atoms. The van der Waals surface area contributed by atoms with Crippen molar-refractivity contribution in [3.63, 3.8) is 0 Å². The maximum Gasteiger partial charge on any atom is 0.313 e. The quantitative estimate of drug-likeness (QED) is 0.775. The third kappa shape index (κ3) is 5.42. The first-order valence-electron chi connectivity index (χ1n) is 9.55. The number of aryl methyl sites for hydroxylation is 2. The molecule has 2 N–H and O–H groups in total. The van der Waals surface area contributed by atoms with Crippen molar-refractivity contribution in [3.8, 4) is 0 Å². The maximum atomic E-state index is 12.5. The minimum absolute atomic E-state index is 0.197. The number of ether oxygens (including phenoxy) is 1. The van der Waals surface area contributed by atoms with E-state index in [4.69, 9.17) is 4.74 Å². The summed E-state index contributed by atoms with van der Waals surface area (Å²) in [5.74, 6) is -1.89. The van der Waals surface area contributed by atoms with E-state index in [1.165, 1.54) is 0 Å². The van der Waals surface area contributed by atoms with Gasteiger partial charge >= 0.3 is 11.8 Å². The molecule has 1 saturated heterocycles. The van der Waals surface area contributed by atoms with E-state index in [0.717, 1.165) is 16.7 Å². The van der Waals surface area contributed by atoms with Crippen LogP contribution in [0.25, 0.3) is 0 Å². The van der Waals surface area contributed by atoms with E-state index < -0.39 is 11.8 Å². The number of anilines is 1. The SMILES string of the molecule is Cc1ccc(NC(=O)C(=O)NCC(=O)N2CCOC(c3ccccc3)C2)cc1C. The molecule has 1 fully saturated rings. The van der Waals surface area contributed by atoms with Crippen LogP contribution < -0.4 is 10.6 Å². The lowest BCUT2D eigenvalue weighted by atomic mass is 10.1. The average molecular weight is 395 g/mol. The molecule has 0 saturated carbocycles. The number of morpholine rings is 1. The Hall–Kier alpha value is -3.19. The maximum absolute atomic E-state index is 12.5. The van der Waals surface area contributed by atoms with E-state index in [2.05, 4.69) is 10.6 Å². The topological polar surface area (TPSA) is 87.7 Å². The van der Waals surface area contributed by atoms with Crippen molar-refractivity contribution in [2.75, 3.05) is 31.6 Å². The van der Waals surface area contributed by atoms with Crippen LogP contribution in [0.5, 0.6) is 0 Å². The summed E-state index contributed by atoms with van der Waals surface area (Å²) in [7, 11) is 0. The van der Waals surface area contributed by atoms with Crippen LogP contribution in [0.2, 0.25) is 0 Å². The molecule has 2 aromatic rings. The Morgan fingerprint density at radius 2 is 1.79 bits per heavy atom. The minimum atomic E-state index is -0.843. The highest BCUT2D eigenvalue weighted by Crippen LogP contribution is 2.21. The predicted octanol–water partition coefficient (Wildman–Crippen LogP) is 1.96. The molecule has 0 aromatic heterocycles. The van der Waals surface area contributed by atoms with Crippen LogP contribution in [-0.4, -0.2) is 48.9 Å². The molecule has 3 amide bonds. The van der Waals surface area contributed by atoms with Gasteiger partial charge in [0.25, 0.3) is 0 Å². The first-order valence-corrected chi connectivity index (χ1v) is 9.55. The molecule has 0 radical (unpaired) electrons. The Morgan fingerprint density at radius 3 is 2.52 bits per heavy atom. The molecule has 1 aliphatic heterocycles. The van der Waals surface area contributed by atoms with Crippen molar-refractivity contribution in [2.45, 2.75) is 20.0 Å². The van der Waals surface area contributed by atoms with Crippen LogP contribution in [0.4, 0.5) is 5.69 Å². The number of nitrogens with one attached hydrogen (secondary N) is 2. The molecule has 2 aromatic carbocycles. The first kappa shape index (κ1) is 20.5. The molecule has 0 bridgehead atoms. The van der Waals surface area contributed by atoms with E-state index >= 15 is 0 Å². The summed E-state index contributed by atoms with van der Waals surface area (Å²) < 4.78 is 5.75. The van der Waals surface area contributed by atoms with Gasteiger partial charge in [0.1, 0.15) is 6.10 Å². The Morgan fingerprint density at radius 1 is 1.03 bits per heavy atom. The van der Waals surface area contributed by atoms with Gasteiger partial charge in [-0.3, -0.25) is 14.4 Å². The van der Waals surface area contributed by atoms with Gasteiger partial charge in [-0.1, -0.05) is 36.4 Å². The molecule has 29 heavy (non-hydrogen) atoms. The van der Waals surface area contributed by atoms with Gasteiger partial charge in [0.05, 0.1) is 19.7 Å². The summed E-state index contributed by atoms with van der Waals surface area (Å²) in [6.45, 7) is 4.94. The zero-order chi connectivity index (χ0) is 20.8. The molecule has 1 unspecified atom stereocenters. The second-order valence-electron chi connectivity index (χ2n) is 7.05. The van der Waals surface area contributed by atoms with Crippen molar-refractivity contribution in [1.82, 2.24) is 10.2 Å². The Bertz CT molecular complexity index is 898. The number of benzene rings is 2. The largest absolute Gasteiger partial charge is 0.370 e. The van der Waals surface area contributed by atoms with Crippen LogP contribution in [0.1, 0.15) is 22.8 Å². The summed E-state index contributed by atoms with van der Waals surface area (Å²) in [5, 5.41) is 4.94. The van der Waals surface area contributed by atoms with Crippen LogP contribution in [0.3, 0.4) is 0 Å². The summed E-state index contributed by atoms with van der Waals surface area (Å²) in [6, 6.07) is 15.1. The summed E-state index contributed by atoms with van der Waals surface area (Å²) >= 11 is 0. The van der Waals surface area contributed by atoms with E-state index in [9.17, 15) is 14.4 Å². The highest BCUT2D eigenvalue weighted by atomic mass is 16.5. The van der Waals surface area contributed by atoms with Crippen molar-refractivity contribution < 1.29 is 19.1 Å². The standard InChI is InChI=1S/C22H25N3O4/c1-15-8-9-18(12-16(15)2)24-22(28)21(27)23-13-20(26)25-10-11-29-19(14-25)17-6-4-3-5-7-17/h3-9,12,19H,10-11,13-14H2,1-2H3,(H,23,27)(H,24,28). The molecule has 1 heterocycles. The fourth-order valence-corrected chi connectivity index (χ4v) is 3.10. The zero-order valence-corrected chi connectivity index (χ0v) is 16.6. The molecule has 152 valence electrons. The number of hydrogen-bond acceptors (Lipinski definition) is 4. The van der Waals surface area contributed by atoms with Gasteiger partial charge in [0.2, 0.25) is 5.91 Å². The Balaban J connectivity index is 1.49. The second kappa shape index (κ2) is 9.34. The number of nitrogens with zero attached hydrogens (tertiary/aromatic N) is 1. The highest BCUT2D eigenvalue weighted by Gasteiger charge is 2.26. The number of rotatable bonds is 4. The average Bonchev–Trinajstić information content (AvgIpc) is 2.75. The Kier molecular flexibility index (Phi) is 6.61. The smallest absolute Gasteiger partial charge is 0.313 e. The van der Waals surface area contributed by atoms with Crippen molar-refractivity contribution in [1.29, 1.82) is 0 Å². The number of hydrogen-bond donors (Lipinski definition) is 2. The van der Waals surface area contributed by atoms with Gasteiger partial charge in [-0.25, -0.2) is 0 Å².